The fourth-order valence-electron chi connectivity index (χ4n) is 1.67. The van der Waals surface area contributed by atoms with Crippen LogP contribution in [0.5, 0.6) is 5.75 Å². The predicted octanol–water partition coefficient (Wildman–Crippen LogP) is 1.66. The van der Waals surface area contributed by atoms with Gasteiger partial charge in [-0.1, -0.05) is 6.92 Å². The summed E-state index contributed by atoms with van der Waals surface area (Å²) in [6.07, 6.45) is 0.527. The van der Waals surface area contributed by atoms with Crippen LogP contribution in [0.4, 0.5) is 0 Å². The van der Waals surface area contributed by atoms with E-state index < -0.39 is 23.3 Å². The van der Waals surface area contributed by atoms with Crippen molar-refractivity contribution in [2.24, 2.45) is 0 Å². The largest absolute Gasteiger partial charge is 0.507 e. The van der Waals surface area contributed by atoms with Crippen LogP contribution >= 0.6 is 0 Å². The number of hydrogen-bond acceptors (Lipinski definition) is 3. The maximum atomic E-state index is 11.0. The average molecular weight is 224 g/mol. The number of carboxylic acid groups (broad SMARTS) is 2. The lowest BCUT2D eigenvalue weighted by molar-refractivity contribution is 0.0647. The van der Waals surface area contributed by atoms with E-state index in [-0.39, 0.29) is 5.56 Å². The van der Waals surface area contributed by atoms with Gasteiger partial charge in [-0.25, -0.2) is 9.59 Å². The van der Waals surface area contributed by atoms with E-state index in [0.717, 1.165) is 0 Å². The highest BCUT2D eigenvalue weighted by atomic mass is 16.4. The van der Waals surface area contributed by atoms with Crippen molar-refractivity contribution in [2.45, 2.75) is 20.3 Å². The maximum absolute atomic E-state index is 11.0. The highest BCUT2D eigenvalue weighted by Gasteiger charge is 2.24. The highest BCUT2D eigenvalue weighted by molar-refractivity contribution is 6.05. The first kappa shape index (κ1) is 12.0. The van der Waals surface area contributed by atoms with Gasteiger partial charge in [-0.15, -0.1) is 0 Å². The van der Waals surface area contributed by atoms with Crippen molar-refractivity contribution in [3.63, 3.8) is 0 Å². The van der Waals surface area contributed by atoms with Gasteiger partial charge in [0.2, 0.25) is 0 Å². The molecule has 0 radical (unpaired) electrons. The second kappa shape index (κ2) is 4.22. The van der Waals surface area contributed by atoms with E-state index in [1.165, 1.54) is 13.0 Å². The molecule has 0 amide bonds. The molecule has 16 heavy (non-hydrogen) atoms. The molecule has 3 N–H and O–H groups in total. The van der Waals surface area contributed by atoms with E-state index in [4.69, 9.17) is 10.2 Å². The first-order valence-electron chi connectivity index (χ1n) is 4.72. The van der Waals surface area contributed by atoms with Crippen LogP contribution in [-0.4, -0.2) is 27.3 Å². The van der Waals surface area contributed by atoms with Gasteiger partial charge in [0.15, 0.2) is 0 Å². The van der Waals surface area contributed by atoms with E-state index >= 15 is 0 Å². The summed E-state index contributed by atoms with van der Waals surface area (Å²) in [5, 5.41) is 27.3. The van der Waals surface area contributed by atoms with Crippen molar-refractivity contribution in [3.05, 3.63) is 28.3 Å². The van der Waals surface area contributed by atoms with Crippen LogP contribution in [0, 0.1) is 6.92 Å². The summed E-state index contributed by atoms with van der Waals surface area (Å²) in [5.41, 5.74) is 0.108. The third-order valence-corrected chi connectivity index (χ3v) is 2.48. The molecule has 0 atom stereocenters. The van der Waals surface area contributed by atoms with Crippen LogP contribution in [-0.2, 0) is 6.42 Å². The minimum absolute atomic E-state index is 0.343. The Kier molecular flexibility index (Phi) is 3.17. The van der Waals surface area contributed by atoms with Gasteiger partial charge in [-0.3, -0.25) is 0 Å². The predicted molar refractivity (Wildman–Crippen MR) is 56.1 cm³/mol. The fourth-order valence-corrected chi connectivity index (χ4v) is 1.67. The van der Waals surface area contributed by atoms with Crippen molar-refractivity contribution in [3.8, 4) is 5.75 Å². The van der Waals surface area contributed by atoms with Crippen LogP contribution in [0.3, 0.4) is 0 Å². The normalized spacial score (nSPS) is 10.1. The second-order valence-corrected chi connectivity index (χ2v) is 3.39. The summed E-state index contributed by atoms with van der Waals surface area (Å²) in [5.74, 6) is -3.30. The van der Waals surface area contributed by atoms with Crippen LogP contribution in [0.1, 0.15) is 38.8 Å². The number of aromatic carboxylic acids is 2. The topological polar surface area (TPSA) is 94.8 Å². The number of rotatable bonds is 3. The van der Waals surface area contributed by atoms with E-state index in [2.05, 4.69) is 0 Å². The quantitative estimate of drug-likeness (QED) is 0.725. The van der Waals surface area contributed by atoms with Gasteiger partial charge in [0.1, 0.15) is 11.3 Å². The monoisotopic (exact) mass is 224 g/mol. The van der Waals surface area contributed by atoms with Gasteiger partial charge < -0.3 is 15.3 Å². The van der Waals surface area contributed by atoms with Gasteiger partial charge in [0, 0.05) is 0 Å². The van der Waals surface area contributed by atoms with E-state index in [0.29, 0.717) is 17.5 Å². The Hall–Kier alpha value is -2.04. The maximum Gasteiger partial charge on any atom is 0.340 e. The van der Waals surface area contributed by atoms with Crippen molar-refractivity contribution in [2.75, 3.05) is 0 Å². The number of aryl methyl sites for hydroxylation is 1. The van der Waals surface area contributed by atoms with Crippen molar-refractivity contribution >= 4 is 11.9 Å². The van der Waals surface area contributed by atoms with Gasteiger partial charge in [-0.05, 0) is 30.5 Å². The Balaban J connectivity index is 3.68. The lowest BCUT2D eigenvalue weighted by Gasteiger charge is -2.11. The highest BCUT2D eigenvalue weighted by Crippen LogP contribution is 2.28. The third-order valence-electron chi connectivity index (χ3n) is 2.48. The minimum Gasteiger partial charge on any atom is -0.507 e. The summed E-state index contributed by atoms with van der Waals surface area (Å²) < 4.78 is 0. The number of carbonyl (C=O) groups is 2. The molecule has 1 rings (SSSR count). The lowest BCUT2D eigenvalue weighted by atomic mass is 9.94. The number of hydrogen-bond donors (Lipinski definition) is 3. The summed E-state index contributed by atoms with van der Waals surface area (Å²) >= 11 is 0. The molecule has 1 aromatic carbocycles. The van der Waals surface area contributed by atoms with Gasteiger partial charge >= 0.3 is 11.9 Å². The molecule has 86 valence electrons. The molecule has 0 heterocycles. The molecule has 0 spiro atoms. The zero-order valence-electron chi connectivity index (χ0n) is 8.94. The van der Waals surface area contributed by atoms with Crippen LogP contribution in [0.2, 0.25) is 0 Å². The molecular weight excluding hydrogens is 212 g/mol. The smallest absolute Gasteiger partial charge is 0.340 e. The minimum atomic E-state index is -1.44. The molecule has 0 aliphatic heterocycles. The van der Waals surface area contributed by atoms with Crippen LogP contribution < -0.4 is 0 Å². The van der Waals surface area contributed by atoms with E-state index in [9.17, 15) is 14.7 Å². The molecule has 0 aliphatic carbocycles. The SMILES string of the molecule is CCc1cc(O)c(C(=O)O)c(C(=O)O)c1C. The third kappa shape index (κ3) is 1.84. The zero-order valence-corrected chi connectivity index (χ0v) is 8.94. The molecule has 1 aromatic rings. The Labute approximate surface area is 92.0 Å². The van der Waals surface area contributed by atoms with Crippen LogP contribution in [0.15, 0.2) is 6.07 Å². The summed E-state index contributed by atoms with van der Waals surface area (Å²) in [7, 11) is 0. The average Bonchev–Trinajstić information content (AvgIpc) is 2.19. The first-order valence-corrected chi connectivity index (χ1v) is 4.72. The van der Waals surface area contributed by atoms with Crippen molar-refractivity contribution in [1.82, 2.24) is 0 Å². The number of carboxylic acids is 2. The summed E-state index contributed by atoms with van der Waals surface area (Å²) in [6.45, 7) is 3.34. The zero-order chi connectivity index (χ0) is 12.5. The summed E-state index contributed by atoms with van der Waals surface area (Å²) in [6, 6.07) is 1.30. The Morgan fingerprint density at radius 3 is 2.06 bits per heavy atom. The molecule has 5 heteroatoms. The molecule has 0 fully saturated rings. The molecule has 0 unspecified atom stereocenters. The molecule has 5 nitrogen and oxygen atoms in total. The number of aromatic hydroxyl groups is 1. The van der Waals surface area contributed by atoms with Crippen molar-refractivity contribution < 1.29 is 24.9 Å². The molecular formula is C11H12O5. The van der Waals surface area contributed by atoms with Gasteiger partial charge in [0.25, 0.3) is 0 Å². The first-order chi connectivity index (χ1) is 7.40. The Morgan fingerprint density at radius 1 is 1.19 bits per heavy atom. The van der Waals surface area contributed by atoms with Gasteiger partial charge in [0.05, 0.1) is 5.56 Å². The molecule has 0 aliphatic rings. The van der Waals surface area contributed by atoms with Gasteiger partial charge in [-0.2, -0.15) is 0 Å². The lowest BCUT2D eigenvalue weighted by Crippen LogP contribution is -2.12. The standard InChI is InChI=1S/C11H12O5/c1-3-6-4-7(12)9(11(15)16)8(5(6)2)10(13)14/h4,12H,3H2,1-2H3,(H,13,14)(H,15,16). The van der Waals surface area contributed by atoms with Crippen LogP contribution in [0.25, 0.3) is 0 Å². The summed E-state index contributed by atoms with van der Waals surface area (Å²) in [4.78, 5) is 21.9. The Bertz CT molecular complexity index is 462. The Morgan fingerprint density at radius 2 is 1.69 bits per heavy atom. The molecule has 0 saturated carbocycles. The van der Waals surface area contributed by atoms with E-state index in [1.807, 2.05) is 0 Å². The number of phenols is 1. The van der Waals surface area contributed by atoms with E-state index in [1.54, 1.807) is 6.92 Å². The fraction of sp³-hybridized carbons (Fsp3) is 0.273. The molecule has 0 bridgehead atoms. The second-order valence-electron chi connectivity index (χ2n) is 3.39. The van der Waals surface area contributed by atoms with Crippen molar-refractivity contribution in [1.29, 1.82) is 0 Å². The molecule has 0 aromatic heterocycles. The number of benzene rings is 1. The molecule has 0 saturated heterocycles.